The average Bonchev–Trinajstić information content (AvgIpc) is 2.43. The number of likely N-dealkylation sites (tertiary alicyclic amines) is 1. The van der Waals surface area contributed by atoms with Gasteiger partial charge in [0.05, 0.1) is 5.02 Å². The van der Waals surface area contributed by atoms with Gasteiger partial charge in [0.2, 0.25) is 11.8 Å². The van der Waals surface area contributed by atoms with Crippen molar-refractivity contribution in [1.82, 2.24) is 4.90 Å². The van der Waals surface area contributed by atoms with Crippen LogP contribution < -0.4 is 5.32 Å². The topological polar surface area (TPSA) is 49.4 Å². The molecule has 0 atom stereocenters. The maximum Gasteiger partial charge on any atom is 0.227 e. The van der Waals surface area contributed by atoms with Gasteiger partial charge in [-0.2, -0.15) is 0 Å². The average molecular weight is 360 g/mol. The third-order valence-electron chi connectivity index (χ3n) is 3.50. The highest BCUT2D eigenvalue weighted by atomic mass is 79.9. The van der Waals surface area contributed by atoms with Gasteiger partial charge in [-0.3, -0.25) is 9.59 Å². The molecule has 0 unspecified atom stereocenters. The smallest absolute Gasteiger partial charge is 0.227 e. The zero-order valence-electron chi connectivity index (χ0n) is 11.2. The highest BCUT2D eigenvalue weighted by Crippen LogP contribution is 2.26. The van der Waals surface area contributed by atoms with Crippen molar-refractivity contribution < 1.29 is 9.59 Å². The molecule has 1 aromatic carbocycles. The second-order valence-electron chi connectivity index (χ2n) is 4.90. The molecule has 2 rings (SSSR count). The lowest BCUT2D eigenvalue weighted by atomic mass is 9.96. The van der Waals surface area contributed by atoms with Crippen LogP contribution in [0.5, 0.6) is 0 Å². The van der Waals surface area contributed by atoms with E-state index in [0.29, 0.717) is 36.6 Å². The third-order valence-corrected chi connectivity index (χ3v) is 4.73. The summed E-state index contributed by atoms with van der Waals surface area (Å²) in [7, 11) is 0. The van der Waals surface area contributed by atoms with Gasteiger partial charge in [-0.1, -0.05) is 11.6 Å². The van der Waals surface area contributed by atoms with Crippen molar-refractivity contribution in [3.63, 3.8) is 0 Å². The van der Waals surface area contributed by atoms with Gasteiger partial charge in [0.1, 0.15) is 0 Å². The van der Waals surface area contributed by atoms with E-state index in [0.717, 1.165) is 4.47 Å². The first-order chi connectivity index (χ1) is 9.47. The molecule has 1 aliphatic rings. The maximum absolute atomic E-state index is 12.2. The van der Waals surface area contributed by atoms with Gasteiger partial charge in [-0.25, -0.2) is 0 Å². The first kappa shape index (κ1) is 15.3. The second-order valence-corrected chi connectivity index (χ2v) is 6.16. The van der Waals surface area contributed by atoms with Crippen LogP contribution in [0.3, 0.4) is 0 Å². The SMILES string of the molecule is CC(=O)N1CCC(C(=O)Nc2ccc(Br)c(Cl)c2)CC1. The summed E-state index contributed by atoms with van der Waals surface area (Å²) in [6.07, 6.45) is 1.41. The molecule has 1 aliphatic heterocycles. The largest absolute Gasteiger partial charge is 0.343 e. The zero-order chi connectivity index (χ0) is 14.7. The zero-order valence-corrected chi connectivity index (χ0v) is 13.5. The fraction of sp³-hybridized carbons (Fsp3) is 0.429. The molecular weight excluding hydrogens is 344 g/mol. The molecule has 0 bridgehead atoms. The fourth-order valence-electron chi connectivity index (χ4n) is 2.27. The minimum atomic E-state index is -0.0481. The molecule has 0 aromatic heterocycles. The molecule has 0 spiro atoms. The van der Waals surface area contributed by atoms with E-state index in [1.807, 2.05) is 0 Å². The minimum Gasteiger partial charge on any atom is -0.343 e. The number of hydrogen-bond acceptors (Lipinski definition) is 2. The van der Waals surface area contributed by atoms with Crippen LogP contribution in [0.25, 0.3) is 0 Å². The van der Waals surface area contributed by atoms with Gasteiger partial charge in [-0.15, -0.1) is 0 Å². The molecule has 4 nitrogen and oxygen atoms in total. The molecule has 1 N–H and O–H groups in total. The summed E-state index contributed by atoms with van der Waals surface area (Å²) in [6, 6.07) is 5.32. The van der Waals surface area contributed by atoms with E-state index in [9.17, 15) is 9.59 Å². The molecule has 20 heavy (non-hydrogen) atoms. The van der Waals surface area contributed by atoms with Gasteiger partial charge >= 0.3 is 0 Å². The number of nitrogens with one attached hydrogen (secondary N) is 1. The van der Waals surface area contributed by atoms with Gasteiger partial charge in [0.15, 0.2) is 0 Å². The molecule has 1 saturated heterocycles. The molecule has 108 valence electrons. The number of anilines is 1. The number of nitrogens with zero attached hydrogens (tertiary/aromatic N) is 1. The normalized spacial score (nSPS) is 16.1. The number of rotatable bonds is 2. The molecule has 0 saturated carbocycles. The Kier molecular flexibility index (Phi) is 5.05. The number of halogens is 2. The predicted molar refractivity (Wildman–Crippen MR) is 82.8 cm³/mol. The summed E-state index contributed by atoms with van der Waals surface area (Å²) in [5, 5.41) is 3.44. The number of hydrogen-bond donors (Lipinski definition) is 1. The quantitative estimate of drug-likeness (QED) is 0.881. The van der Waals surface area contributed by atoms with Gasteiger partial charge < -0.3 is 10.2 Å². The van der Waals surface area contributed by atoms with E-state index in [1.54, 1.807) is 30.0 Å². The summed E-state index contributed by atoms with van der Waals surface area (Å²) in [6.45, 7) is 2.85. The molecule has 0 radical (unpaired) electrons. The van der Waals surface area contributed by atoms with Gasteiger partial charge in [-0.05, 0) is 47.0 Å². The number of piperidine rings is 1. The van der Waals surface area contributed by atoms with Gasteiger partial charge in [0, 0.05) is 36.1 Å². The van der Waals surface area contributed by atoms with E-state index in [4.69, 9.17) is 11.6 Å². The Balaban J connectivity index is 1.92. The summed E-state index contributed by atoms with van der Waals surface area (Å²) in [5.74, 6) is 0.0168. The van der Waals surface area contributed by atoms with E-state index in [1.165, 1.54) is 0 Å². The highest BCUT2D eigenvalue weighted by Gasteiger charge is 2.26. The number of benzene rings is 1. The Morgan fingerprint density at radius 1 is 1.35 bits per heavy atom. The molecule has 2 amide bonds. The van der Waals surface area contributed by atoms with E-state index in [-0.39, 0.29) is 17.7 Å². The lowest BCUT2D eigenvalue weighted by Crippen LogP contribution is -2.40. The first-order valence-electron chi connectivity index (χ1n) is 6.49. The van der Waals surface area contributed by atoms with Crippen molar-refractivity contribution in [3.8, 4) is 0 Å². The van der Waals surface area contributed by atoms with Crippen LogP contribution in [0.4, 0.5) is 5.69 Å². The summed E-state index contributed by atoms with van der Waals surface area (Å²) in [5.41, 5.74) is 0.692. The Morgan fingerprint density at radius 2 is 2.00 bits per heavy atom. The molecule has 0 aliphatic carbocycles. The van der Waals surface area contributed by atoms with Crippen molar-refractivity contribution in [2.24, 2.45) is 5.92 Å². The van der Waals surface area contributed by atoms with Crippen molar-refractivity contribution >= 4 is 45.0 Å². The predicted octanol–water partition coefficient (Wildman–Crippen LogP) is 3.30. The standard InChI is InChI=1S/C14H16BrClN2O2/c1-9(19)18-6-4-10(5-7-18)14(20)17-11-2-3-12(15)13(16)8-11/h2-3,8,10H,4-7H2,1H3,(H,17,20). The van der Waals surface area contributed by atoms with Crippen LogP contribution in [-0.2, 0) is 9.59 Å². The Labute approximate surface area is 131 Å². The number of carbonyl (C=O) groups is 2. The summed E-state index contributed by atoms with van der Waals surface area (Å²) >= 11 is 9.30. The lowest BCUT2D eigenvalue weighted by Gasteiger charge is -2.30. The lowest BCUT2D eigenvalue weighted by molar-refractivity contribution is -0.132. The van der Waals surface area contributed by atoms with Crippen LogP contribution >= 0.6 is 27.5 Å². The first-order valence-corrected chi connectivity index (χ1v) is 7.66. The van der Waals surface area contributed by atoms with Crippen molar-refractivity contribution in [3.05, 3.63) is 27.7 Å². The Bertz CT molecular complexity index is 528. The summed E-state index contributed by atoms with van der Waals surface area (Å²) < 4.78 is 0.798. The molecule has 1 fully saturated rings. The van der Waals surface area contributed by atoms with Crippen LogP contribution in [0.1, 0.15) is 19.8 Å². The summed E-state index contributed by atoms with van der Waals surface area (Å²) in [4.78, 5) is 25.2. The molecule has 1 heterocycles. The van der Waals surface area contributed by atoms with Crippen molar-refractivity contribution in [2.45, 2.75) is 19.8 Å². The Hall–Kier alpha value is -1.07. The maximum atomic E-state index is 12.2. The van der Waals surface area contributed by atoms with E-state index in [2.05, 4.69) is 21.2 Å². The second kappa shape index (κ2) is 6.59. The van der Waals surface area contributed by atoms with Crippen molar-refractivity contribution in [1.29, 1.82) is 0 Å². The minimum absolute atomic E-state index is 0.00779. The van der Waals surface area contributed by atoms with Gasteiger partial charge in [0.25, 0.3) is 0 Å². The van der Waals surface area contributed by atoms with E-state index < -0.39 is 0 Å². The molecular formula is C14H16BrClN2O2. The third kappa shape index (κ3) is 3.73. The number of carbonyl (C=O) groups excluding carboxylic acids is 2. The Morgan fingerprint density at radius 3 is 2.55 bits per heavy atom. The highest BCUT2D eigenvalue weighted by molar-refractivity contribution is 9.10. The van der Waals surface area contributed by atoms with Crippen LogP contribution in [0.2, 0.25) is 5.02 Å². The van der Waals surface area contributed by atoms with E-state index >= 15 is 0 Å². The number of amides is 2. The van der Waals surface area contributed by atoms with Crippen LogP contribution in [-0.4, -0.2) is 29.8 Å². The molecule has 1 aromatic rings. The van der Waals surface area contributed by atoms with Crippen LogP contribution in [0.15, 0.2) is 22.7 Å². The van der Waals surface area contributed by atoms with Crippen LogP contribution in [0, 0.1) is 5.92 Å². The monoisotopic (exact) mass is 358 g/mol. The van der Waals surface area contributed by atoms with Crippen molar-refractivity contribution in [2.75, 3.05) is 18.4 Å². The fourth-order valence-corrected chi connectivity index (χ4v) is 2.70. The molecule has 6 heteroatoms.